The summed E-state index contributed by atoms with van der Waals surface area (Å²) in [6.45, 7) is 16.3. The van der Waals surface area contributed by atoms with Gasteiger partial charge in [0.15, 0.2) is 0 Å². The number of nitrogens with zero attached hydrogens (tertiary/aromatic N) is 1. The third-order valence-corrected chi connectivity index (χ3v) is 3.15. The van der Waals surface area contributed by atoms with Crippen molar-refractivity contribution < 1.29 is 4.42 Å². The molecule has 0 bridgehead atoms. The fourth-order valence-corrected chi connectivity index (χ4v) is 1.97. The third kappa shape index (κ3) is 5.62. The summed E-state index contributed by atoms with van der Waals surface area (Å²) in [5.41, 5.74) is 1.26. The molecule has 0 radical (unpaired) electrons. The van der Waals surface area contributed by atoms with Gasteiger partial charge < -0.3 is 9.73 Å². The minimum absolute atomic E-state index is 0.486. The van der Waals surface area contributed by atoms with E-state index in [1.54, 1.807) is 6.26 Å². The van der Waals surface area contributed by atoms with Crippen LogP contribution in [0.25, 0.3) is 0 Å². The molecule has 0 spiro atoms. The predicted molar refractivity (Wildman–Crippen MR) is 81.0 cm³/mol. The molecular formula is C16H28N2O. The lowest BCUT2D eigenvalue weighted by molar-refractivity contribution is 0.217. The van der Waals surface area contributed by atoms with E-state index in [0.29, 0.717) is 12.0 Å². The van der Waals surface area contributed by atoms with Gasteiger partial charge in [-0.3, -0.25) is 4.90 Å². The summed E-state index contributed by atoms with van der Waals surface area (Å²) in [5, 5.41) is 3.46. The zero-order chi connectivity index (χ0) is 14.3. The molecule has 1 heterocycles. The lowest BCUT2D eigenvalue weighted by Crippen LogP contribution is -2.30. The van der Waals surface area contributed by atoms with Crippen LogP contribution in [0.2, 0.25) is 0 Å². The highest BCUT2D eigenvalue weighted by molar-refractivity contribution is 5.17. The number of nitrogens with one attached hydrogen (secondary N) is 1. The van der Waals surface area contributed by atoms with Crippen LogP contribution in [0.15, 0.2) is 29.4 Å². The molecule has 0 fully saturated rings. The Kier molecular flexibility index (Phi) is 6.89. The summed E-state index contributed by atoms with van der Waals surface area (Å²) < 4.78 is 5.63. The molecule has 0 saturated heterocycles. The highest BCUT2D eigenvalue weighted by Crippen LogP contribution is 2.15. The van der Waals surface area contributed by atoms with E-state index < -0.39 is 0 Å². The maximum Gasteiger partial charge on any atom is 0.122 e. The van der Waals surface area contributed by atoms with E-state index in [9.17, 15) is 0 Å². The molecule has 3 nitrogen and oxygen atoms in total. The molecule has 0 aliphatic rings. The maximum absolute atomic E-state index is 5.63. The zero-order valence-electron chi connectivity index (χ0n) is 12.8. The Balaban J connectivity index is 2.57. The lowest BCUT2D eigenvalue weighted by Gasteiger charge is -2.24. The summed E-state index contributed by atoms with van der Waals surface area (Å²) in [6, 6.07) is 2.55. The Hall–Kier alpha value is -1.06. The van der Waals surface area contributed by atoms with Crippen molar-refractivity contribution in [3.8, 4) is 0 Å². The first-order chi connectivity index (χ1) is 9.04. The molecular weight excluding hydrogens is 236 g/mol. The second-order valence-corrected chi connectivity index (χ2v) is 5.71. The van der Waals surface area contributed by atoms with Crippen LogP contribution in [0, 0.1) is 5.92 Å². The Morgan fingerprint density at radius 2 is 2.11 bits per heavy atom. The SMILES string of the molecule is C=CCN(Cc1occc1CNCC(C)C)C(C)C. The molecule has 3 heteroatoms. The average Bonchev–Trinajstić information content (AvgIpc) is 2.75. The van der Waals surface area contributed by atoms with Crippen molar-refractivity contribution >= 4 is 0 Å². The van der Waals surface area contributed by atoms with Gasteiger partial charge in [0.2, 0.25) is 0 Å². The van der Waals surface area contributed by atoms with Gasteiger partial charge in [-0.05, 0) is 32.4 Å². The van der Waals surface area contributed by atoms with Crippen molar-refractivity contribution in [2.24, 2.45) is 5.92 Å². The summed E-state index contributed by atoms with van der Waals surface area (Å²) in [6.07, 6.45) is 3.73. The zero-order valence-corrected chi connectivity index (χ0v) is 12.8. The van der Waals surface area contributed by atoms with Crippen LogP contribution in [-0.4, -0.2) is 24.0 Å². The van der Waals surface area contributed by atoms with E-state index >= 15 is 0 Å². The summed E-state index contributed by atoms with van der Waals surface area (Å²) in [7, 11) is 0. The Bertz CT molecular complexity index is 369. The van der Waals surface area contributed by atoms with Gasteiger partial charge in [0, 0.05) is 24.7 Å². The molecule has 0 aliphatic heterocycles. The summed E-state index contributed by atoms with van der Waals surface area (Å²) in [5.74, 6) is 1.73. The van der Waals surface area contributed by atoms with Crippen LogP contribution in [0.3, 0.4) is 0 Å². The minimum Gasteiger partial charge on any atom is -0.468 e. The molecule has 1 rings (SSSR count). The second kappa shape index (κ2) is 8.18. The lowest BCUT2D eigenvalue weighted by atomic mass is 10.2. The topological polar surface area (TPSA) is 28.4 Å². The molecule has 108 valence electrons. The van der Waals surface area contributed by atoms with Crippen molar-refractivity contribution in [3.63, 3.8) is 0 Å². The predicted octanol–water partition coefficient (Wildman–Crippen LogP) is 3.42. The number of rotatable bonds is 9. The number of furan rings is 1. The molecule has 0 saturated carbocycles. The molecule has 0 aliphatic carbocycles. The van der Waals surface area contributed by atoms with Gasteiger partial charge >= 0.3 is 0 Å². The highest BCUT2D eigenvalue weighted by Gasteiger charge is 2.13. The van der Waals surface area contributed by atoms with Gasteiger partial charge in [-0.15, -0.1) is 6.58 Å². The van der Waals surface area contributed by atoms with E-state index in [2.05, 4.69) is 50.6 Å². The van der Waals surface area contributed by atoms with E-state index in [4.69, 9.17) is 4.42 Å². The van der Waals surface area contributed by atoms with Crippen molar-refractivity contribution in [2.75, 3.05) is 13.1 Å². The first-order valence-corrected chi connectivity index (χ1v) is 7.15. The van der Waals surface area contributed by atoms with Crippen LogP contribution in [-0.2, 0) is 13.1 Å². The molecule has 0 aromatic carbocycles. The molecule has 19 heavy (non-hydrogen) atoms. The minimum atomic E-state index is 0.486. The van der Waals surface area contributed by atoms with Gasteiger partial charge in [-0.25, -0.2) is 0 Å². The Labute approximate surface area is 117 Å². The second-order valence-electron chi connectivity index (χ2n) is 5.71. The molecule has 1 N–H and O–H groups in total. The van der Waals surface area contributed by atoms with Crippen LogP contribution in [0.1, 0.15) is 39.0 Å². The van der Waals surface area contributed by atoms with E-state index in [1.807, 2.05) is 6.08 Å². The monoisotopic (exact) mass is 264 g/mol. The first-order valence-electron chi connectivity index (χ1n) is 7.15. The van der Waals surface area contributed by atoms with Crippen molar-refractivity contribution in [1.29, 1.82) is 0 Å². The van der Waals surface area contributed by atoms with Gasteiger partial charge in [0.1, 0.15) is 5.76 Å². The quantitative estimate of drug-likeness (QED) is 0.693. The third-order valence-electron chi connectivity index (χ3n) is 3.15. The van der Waals surface area contributed by atoms with E-state index in [0.717, 1.165) is 31.9 Å². The molecule has 0 unspecified atom stereocenters. The molecule has 1 aromatic rings. The van der Waals surface area contributed by atoms with Crippen LogP contribution < -0.4 is 5.32 Å². The normalized spacial score (nSPS) is 11.7. The first kappa shape index (κ1) is 16.0. The molecule has 0 amide bonds. The fourth-order valence-electron chi connectivity index (χ4n) is 1.97. The van der Waals surface area contributed by atoms with Crippen LogP contribution in [0.5, 0.6) is 0 Å². The van der Waals surface area contributed by atoms with Crippen molar-refractivity contribution in [1.82, 2.24) is 10.2 Å². The summed E-state index contributed by atoms with van der Waals surface area (Å²) >= 11 is 0. The van der Waals surface area contributed by atoms with Gasteiger partial charge in [-0.1, -0.05) is 19.9 Å². The maximum atomic E-state index is 5.63. The average molecular weight is 264 g/mol. The summed E-state index contributed by atoms with van der Waals surface area (Å²) in [4.78, 5) is 2.35. The van der Waals surface area contributed by atoms with Crippen molar-refractivity contribution in [2.45, 2.75) is 46.8 Å². The van der Waals surface area contributed by atoms with Gasteiger partial charge in [-0.2, -0.15) is 0 Å². The van der Waals surface area contributed by atoms with Gasteiger partial charge in [0.05, 0.1) is 12.8 Å². The number of hydrogen-bond acceptors (Lipinski definition) is 3. The van der Waals surface area contributed by atoms with Crippen LogP contribution in [0.4, 0.5) is 0 Å². The van der Waals surface area contributed by atoms with Gasteiger partial charge in [0.25, 0.3) is 0 Å². The fraction of sp³-hybridized carbons (Fsp3) is 0.625. The van der Waals surface area contributed by atoms with E-state index in [-0.39, 0.29) is 0 Å². The highest BCUT2D eigenvalue weighted by atomic mass is 16.3. The standard InChI is InChI=1S/C16H28N2O/c1-6-8-18(14(4)5)12-16-15(7-9-19-16)11-17-10-13(2)3/h6-7,9,13-14,17H,1,8,10-12H2,2-5H3. The molecule has 1 aromatic heterocycles. The Morgan fingerprint density at radius 1 is 1.37 bits per heavy atom. The smallest absolute Gasteiger partial charge is 0.122 e. The van der Waals surface area contributed by atoms with Crippen LogP contribution >= 0.6 is 0 Å². The van der Waals surface area contributed by atoms with E-state index in [1.165, 1.54) is 5.56 Å². The Morgan fingerprint density at radius 3 is 2.68 bits per heavy atom. The largest absolute Gasteiger partial charge is 0.468 e. The van der Waals surface area contributed by atoms with Crippen molar-refractivity contribution in [3.05, 3.63) is 36.3 Å². The number of hydrogen-bond donors (Lipinski definition) is 1. The molecule has 0 atom stereocenters.